The molecule has 4 heteroatoms. The van der Waals surface area contributed by atoms with Gasteiger partial charge in [0.2, 0.25) is 0 Å². The molecule has 0 saturated carbocycles. The third kappa shape index (κ3) is 2.18. The summed E-state index contributed by atoms with van der Waals surface area (Å²) in [5.41, 5.74) is 2.78. The van der Waals surface area contributed by atoms with Crippen LogP contribution in [0.5, 0.6) is 11.5 Å². The first-order valence-corrected chi connectivity index (χ1v) is 7.33. The highest BCUT2D eigenvalue weighted by Crippen LogP contribution is 2.37. The summed E-state index contributed by atoms with van der Waals surface area (Å²) < 4.78 is 11.5. The van der Waals surface area contributed by atoms with Gasteiger partial charge in [0.15, 0.2) is 5.78 Å². The molecule has 0 bridgehead atoms. The highest BCUT2D eigenvalue weighted by molar-refractivity contribution is 6.31. The molecular weight excluding hydrogens is 288 g/mol. The van der Waals surface area contributed by atoms with E-state index in [1.165, 1.54) is 5.56 Å². The molecule has 0 saturated heterocycles. The van der Waals surface area contributed by atoms with Gasteiger partial charge in [0.1, 0.15) is 17.6 Å². The van der Waals surface area contributed by atoms with Crippen molar-refractivity contribution in [2.24, 2.45) is 0 Å². The second kappa shape index (κ2) is 4.78. The Morgan fingerprint density at radius 3 is 2.86 bits per heavy atom. The molecule has 21 heavy (non-hydrogen) atoms. The van der Waals surface area contributed by atoms with E-state index in [1.807, 2.05) is 12.1 Å². The highest BCUT2D eigenvalue weighted by Gasteiger charge is 2.28. The van der Waals surface area contributed by atoms with Gasteiger partial charge in [-0.15, -0.1) is 0 Å². The first-order valence-electron chi connectivity index (χ1n) is 6.96. The Morgan fingerprint density at radius 2 is 1.95 bits per heavy atom. The molecule has 1 unspecified atom stereocenters. The first kappa shape index (κ1) is 12.7. The van der Waals surface area contributed by atoms with Crippen LogP contribution in [-0.2, 0) is 6.42 Å². The Balaban J connectivity index is 1.69. The van der Waals surface area contributed by atoms with E-state index < -0.39 is 0 Å². The van der Waals surface area contributed by atoms with Crippen molar-refractivity contribution in [1.29, 1.82) is 0 Å². The number of Topliss-reactive ketones (excluding diaryl/α,β-unsaturated/α-hetero) is 1. The molecule has 2 aromatic rings. The third-order valence-corrected chi connectivity index (χ3v) is 4.20. The Kier molecular flexibility index (Phi) is 2.89. The summed E-state index contributed by atoms with van der Waals surface area (Å²) in [7, 11) is 0. The van der Waals surface area contributed by atoms with E-state index >= 15 is 0 Å². The van der Waals surface area contributed by atoms with Crippen molar-refractivity contribution < 1.29 is 14.3 Å². The number of carbonyl (C=O) groups excluding carboxylic acids is 1. The van der Waals surface area contributed by atoms with Crippen molar-refractivity contribution in [3.8, 4) is 11.5 Å². The van der Waals surface area contributed by atoms with Crippen LogP contribution in [0, 0.1) is 0 Å². The lowest BCUT2D eigenvalue weighted by atomic mass is 9.95. The zero-order chi connectivity index (χ0) is 14.4. The number of ketones is 1. The summed E-state index contributed by atoms with van der Waals surface area (Å²) >= 11 is 5.94. The Morgan fingerprint density at radius 1 is 1.10 bits per heavy atom. The lowest BCUT2D eigenvalue weighted by molar-refractivity contribution is 0.0850. The average Bonchev–Trinajstić information content (AvgIpc) is 2.95. The van der Waals surface area contributed by atoms with Crippen molar-refractivity contribution in [1.82, 2.24) is 0 Å². The van der Waals surface area contributed by atoms with Gasteiger partial charge in [0.05, 0.1) is 18.6 Å². The standard InChI is InChI=1S/C17H13ClO3/c18-12-2-4-16-13(8-12)14(19)9-17(21-16)10-1-3-15-11(7-10)5-6-20-15/h1-4,7-8,17H,5-6,9H2. The molecule has 2 aliphatic heterocycles. The number of halogens is 1. The number of hydrogen-bond donors (Lipinski definition) is 0. The van der Waals surface area contributed by atoms with Gasteiger partial charge in [0, 0.05) is 11.4 Å². The van der Waals surface area contributed by atoms with Crippen molar-refractivity contribution in [2.75, 3.05) is 6.61 Å². The topological polar surface area (TPSA) is 35.5 Å². The smallest absolute Gasteiger partial charge is 0.170 e. The lowest BCUT2D eigenvalue weighted by Crippen LogP contribution is -2.20. The Hall–Kier alpha value is -2.00. The van der Waals surface area contributed by atoms with Crippen LogP contribution < -0.4 is 9.47 Å². The fourth-order valence-electron chi connectivity index (χ4n) is 2.89. The van der Waals surface area contributed by atoms with Gasteiger partial charge >= 0.3 is 0 Å². The fraction of sp³-hybridized carbons (Fsp3) is 0.235. The summed E-state index contributed by atoms with van der Waals surface area (Å²) in [4.78, 5) is 12.3. The first-order chi connectivity index (χ1) is 10.2. The lowest BCUT2D eigenvalue weighted by Gasteiger charge is -2.26. The SMILES string of the molecule is O=C1CC(c2ccc3c(c2)CCO3)Oc2ccc(Cl)cc21. The van der Waals surface area contributed by atoms with Crippen LogP contribution in [0.4, 0.5) is 0 Å². The van der Waals surface area contributed by atoms with Crippen molar-refractivity contribution >= 4 is 17.4 Å². The van der Waals surface area contributed by atoms with E-state index in [0.29, 0.717) is 22.8 Å². The highest BCUT2D eigenvalue weighted by atomic mass is 35.5. The second-order valence-corrected chi connectivity index (χ2v) is 5.78. The molecule has 106 valence electrons. The molecule has 0 aliphatic carbocycles. The van der Waals surface area contributed by atoms with E-state index in [2.05, 4.69) is 6.07 Å². The quantitative estimate of drug-likeness (QED) is 0.799. The van der Waals surface area contributed by atoms with Crippen LogP contribution in [0.15, 0.2) is 36.4 Å². The van der Waals surface area contributed by atoms with Gasteiger partial charge in [-0.3, -0.25) is 4.79 Å². The van der Waals surface area contributed by atoms with Crippen LogP contribution in [-0.4, -0.2) is 12.4 Å². The molecule has 0 radical (unpaired) electrons. The predicted octanol–water partition coefficient (Wildman–Crippen LogP) is 3.98. The molecule has 2 aliphatic rings. The molecule has 0 aromatic heterocycles. The number of fused-ring (bicyclic) bond motifs is 2. The van der Waals surface area contributed by atoms with Crippen LogP contribution >= 0.6 is 11.6 Å². The van der Waals surface area contributed by atoms with Gasteiger partial charge in [-0.2, -0.15) is 0 Å². The maximum atomic E-state index is 12.3. The molecule has 2 aromatic carbocycles. The van der Waals surface area contributed by atoms with Crippen molar-refractivity contribution in [3.05, 3.63) is 58.1 Å². The molecule has 3 nitrogen and oxygen atoms in total. The number of carbonyl (C=O) groups is 1. The van der Waals surface area contributed by atoms with Crippen LogP contribution in [0.3, 0.4) is 0 Å². The maximum absolute atomic E-state index is 12.3. The number of hydrogen-bond acceptors (Lipinski definition) is 3. The predicted molar refractivity (Wildman–Crippen MR) is 79.4 cm³/mol. The van der Waals surface area contributed by atoms with Crippen molar-refractivity contribution in [2.45, 2.75) is 18.9 Å². The van der Waals surface area contributed by atoms with Crippen LogP contribution in [0.1, 0.15) is 34.0 Å². The molecule has 2 heterocycles. The van der Waals surface area contributed by atoms with E-state index in [-0.39, 0.29) is 11.9 Å². The Bertz CT molecular complexity index is 739. The summed E-state index contributed by atoms with van der Waals surface area (Å²) in [6.07, 6.45) is 1.01. The largest absolute Gasteiger partial charge is 0.493 e. The molecule has 0 amide bonds. The third-order valence-electron chi connectivity index (χ3n) is 3.97. The summed E-state index contributed by atoms with van der Waals surface area (Å²) in [6, 6.07) is 11.2. The summed E-state index contributed by atoms with van der Waals surface area (Å²) in [6.45, 7) is 0.727. The Labute approximate surface area is 127 Å². The van der Waals surface area contributed by atoms with Gasteiger partial charge in [-0.05, 0) is 41.5 Å². The minimum Gasteiger partial charge on any atom is -0.493 e. The van der Waals surface area contributed by atoms with Crippen molar-refractivity contribution in [3.63, 3.8) is 0 Å². The minimum atomic E-state index is -0.239. The number of benzene rings is 2. The zero-order valence-corrected chi connectivity index (χ0v) is 12.0. The molecule has 0 fully saturated rings. The number of ether oxygens (including phenoxy) is 2. The maximum Gasteiger partial charge on any atom is 0.170 e. The van der Waals surface area contributed by atoms with Gasteiger partial charge in [-0.1, -0.05) is 17.7 Å². The zero-order valence-electron chi connectivity index (χ0n) is 11.3. The monoisotopic (exact) mass is 300 g/mol. The van der Waals surface area contributed by atoms with Crippen LogP contribution in [0.2, 0.25) is 5.02 Å². The van der Waals surface area contributed by atoms with Gasteiger partial charge in [-0.25, -0.2) is 0 Å². The summed E-state index contributed by atoms with van der Waals surface area (Å²) in [5, 5.41) is 0.554. The van der Waals surface area contributed by atoms with E-state index in [0.717, 1.165) is 24.3 Å². The average molecular weight is 301 g/mol. The van der Waals surface area contributed by atoms with E-state index in [1.54, 1.807) is 18.2 Å². The van der Waals surface area contributed by atoms with Gasteiger partial charge in [0.25, 0.3) is 0 Å². The normalized spacial score (nSPS) is 19.5. The molecular formula is C17H13ClO3. The number of rotatable bonds is 1. The molecule has 1 atom stereocenters. The molecule has 4 rings (SSSR count). The molecule has 0 N–H and O–H groups in total. The second-order valence-electron chi connectivity index (χ2n) is 5.34. The van der Waals surface area contributed by atoms with Crippen LogP contribution in [0.25, 0.3) is 0 Å². The summed E-state index contributed by atoms with van der Waals surface area (Å²) in [5.74, 6) is 1.62. The molecule has 0 spiro atoms. The minimum absolute atomic E-state index is 0.0699. The van der Waals surface area contributed by atoms with E-state index in [4.69, 9.17) is 21.1 Å². The van der Waals surface area contributed by atoms with E-state index in [9.17, 15) is 4.79 Å². The fourth-order valence-corrected chi connectivity index (χ4v) is 3.06. The van der Waals surface area contributed by atoms with Gasteiger partial charge < -0.3 is 9.47 Å².